The third-order valence-corrected chi connectivity index (χ3v) is 1.41. The molecule has 0 unspecified atom stereocenters. The van der Waals surface area contributed by atoms with E-state index in [1.165, 1.54) is 0 Å². The van der Waals surface area contributed by atoms with E-state index in [9.17, 15) is 29.7 Å². The summed E-state index contributed by atoms with van der Waals surface area (Å²) in [6, 6.07) is 0. The number of aliphatic carboxylic acids is 3. The van der Waals surface area contributed by atoms with Crippen LogP contribution >= 0.6 is 0 Å². The van der Waals surface area contributed by atoms with Gasteiger partial charge in [0.25, 0.3) is 0 Å². The molecule has 0 atom stereocenters. The molecule has 7 heteroatoms. The Morgan fingerprint density at radius 1 is 0.579 bits per heavy atom. The molecule has 6 nitrogen and oxygen atoms in total. The summed E-state index contributed by atoms with van der Waals surface area (Å²) in [5.41, 5.74) is 0. The summed E-state index contributed by atoms with van der Waals surface area (Å²) >= 11 is 0. The minimum atomic E-state index is -0.991. The molecule has 0 N–H and O–H groups in total. The van der Waals surface area contributed by atoms with Crippen LogP contribution in [0.1, 0.15) is 41.5 Å². The van der Waals surface area contributed by atoms with E-state index in [-0.39, 0.29) is 36.3 Å². The van der Waals surface area contributed by atoms with E-state index in [0.717, 1.165) is 0 Å². The Morgan fingerprint density at radius 2 is 0.632 bits per heavy atom. The van der Waals surface area contributed by atoms with Crippen LogP contribution in [0.4, 0.5) is 0 Å². The molecule has 0 aromatic heterocycles. The summed E-state index contributed by atoms with van der Waals surface area (Å²) in [5.74, 6) is -4.00. The molecule has 0 radical (unpaired) electrons. The zero-order valence-corrected chi connectivity index (χ0v) is 13.5. The Bertz CT molecular complexity index is 218. The van der Waals surface area contributed by atoms with Crippen molar-refractivity contribution in [2.45, 2.75) is 41.5 Å². The van der Waals surface area contributed by atoms with Gasteiger partial charge in [-0.2, -0.15) is 0 Å². The van der Waals surface area contributed by atoms with Gasteiger partial charge in [0.2, 0.25) is 0 Å². The third kappa shape index (κ3) is 31.6. The van der Waals surface area contributed by atoms with Crippen LogP contribution in [-0.4, -0.2) is 17.9 Å². The zero-order chi connectivity index (χ0) is 15.5. The van der Waals surface area contributed by atoms with Crippen molar-refractivity contribution >= 4 is 17.9 Å². The molecule has 0 saturated heterocycles. The molecule has 0 saturated carbocycles. The Labute approximate surface area is 126 Å². The average molecular weight is 312 g/mol. The molecule has 0 bridgehead atoms. The van der Waals surface area contributed by atoms with Crippen LogP contribution in [0.25, 0.3) is 0 Å². The van der Waals surface area contributed by atoms with Gasteiger partial charge in [0, 0.05) is 17.9 Å². The molecule has 0 aliphatic heterocycles. The van der Waals surface area contributed by atoms with Crippen molar-refractivity contribution in [1.29, 1.82) is 0 Å². The summed E-state index contributed by atoms with van der Waals surface area (Å²) < 4.78 is 0. The molecule has 0 heterocycles. The first kappa shape index (κ1) is 26.5. The maximum Gasteiger partial charge on any atom is 3.00 e. The van der Waals surface area contributed by atoms with Crippen LogP contribution in [0, 0.1) is 17.8 Å². The molecule has 0 aliphatic rings. The van der Waals surface area contributed by atoms with Gasteiger partial charge in [-0.15, -0.1) is 0 Å². The first-order chi connectivity index (χ1) is 7.93. The number of hydrogen-bond acceptors (Lipinski definition) is 6. The molecule has 0 rings (SSSR count). The number of hydrogen-bond donors (Lipinski definition) is 0. The van der Waals surface area contributed by atoms with Crippen LogP contribution in [0.2, 0.25) is 0 Å². The molecule has 0 spiro atoms. The summed E-state index contributed by atoms with van der Waals surface area (Å²) in [4.78, 5) is 28.8. The number of carboxylic acid groups (broad SMARTS) is 3. The Balaban J connectivity index is -0.0000000865. The fourth-order valence-corrected chi connectivity index (χ4v) is 0. The van der Waals surface area contributed by atoms with Crippen molar-refractivity contribution in [2.75, 3.05) is 0 Å². The van der Waals surface area contributed by atoms with E-state index in [1.807, 2.05) is 0 Å². The molecule has 19 heavy (non-hydrogen) atoms. The van der Waals surface area contributed by atoms with Crippen LogP contribution in [0.3, 0.4) is 0 Å². The second kappa shape index (κ2) is 15.1. The Hall–Kier alpha value is -1.01. The third-order valence-electron chi connectivity index (χ3n) is 1.41. The quantitative estimate of drug-likeness (QED) is 0.604. The standard InChI is InChI=1S/3C4H8O2.V/c3*1-3(2)4(5)6;/h3*3H,1-2H3,(H,5,6);/q;;;+3/p-3. The van der Waals surface area contributed by atoms with E-state index in [4.69, 9.17) is 0 Å². The van der Waals surface area contributed by atoms with Crippen molar-refractivity contribution < 1.29 is 48.3 Å². The molecule has 0 aliphatic carbocycles. The van der Waals surface area contributed by atoms with Gasteiger partial charge in [-0.05, 0) is 17.8 Å². The first-order valence-electron chi connectivity index (χ1n) is 5.55. The van der Waals surface area contributed by atoms with Gasteiger partial charge in [-0.1, -0.05) is 41.5 Å². The maximum atomic E-state index is 9.59. The minimum Gasteiger partial charge on any atom is -0.550 e. The molecule has 0 amide bonds. The molecule has 110 valence electrons. The van der Waals surface area contributed by atoms with E-state index in [0.29, 0.717) is 0 Å². The Kier molecular flexibility index (Phi) is 21.0. The van der Waals surface area contributed by atoms with Gasteiger partial charge in [-0.3, -0.25) is 0 Å². The van der Waals surface area contributed by atoms with Gasteiger partial charge in [0.1, 0.15) is 0 Å². The van der Waals surface area contributed by atoms with E-state index >= 15 is 0 Å². The predicted octanol–water partition coefficient (Wildman–Crippen LogP) is -1.83. The van der Waals surface area contributed by atoms with Crippen LogP contribution < -0.4 is 15.3 Å². The van der Waals surface area contributed by atoms with Crippen LogP contribution in [0.15, 0.2) is 0 Å². The summed E-state index contributed by atoms with van der Waals surface area (Å²) in [6.07, 6.45) is 0. The predicted molar refractivity (Wildman–Crippen MR) is 59.5 cm³/mol. The van der Waals surface area contributed by atoms with Crippen molar-refractivity contribution in [3.63, 3.8) is 0 Å². The SMILES string of the molecule is CC(C)C(=O)[O-].CC(C)C(=O)[O-].CC(C)C(=O)[O-].[V+3]. The number of rotatable bonds is 3. The van der Waals surface area contributed by atoms with Gasteiger partial charge in [0.05, 0.1) is 0 Å². The number of carboxylic acids is 3. The molecule has 0 aromatic carbocycles. The monoisotopic (exact) mass is 312 g/mol. The number of carbonyl (C=O) groups excluding carboxylic acids is 3. The van der Waals surface area contributed by atoms with Gasteiger partial charge < -0.3 is 29.7 Å². The van der Waals surface area contributed by atoms with E-state index < -0.39 is 17.9 Å². The van der Waals surface area contributed by atoms with E-state index in [2.05, 4.69) is 0 Å². The molecular weight excluding hydrogens is 291 g/mol. The first-order valence-corrected chi connectivity index (χ1v) is 5.55. The normalized spacial score (nSPS) is 8.68. The van der Waals surface area contributed by atoms with Gasteiger partial charge in [-0.25, -0.2) is 0 Å². The van der Waals surface area contributed by atoms with Crippen LogP contribution in [0.5, 0.6) is 0 Å². The number of carbonyl (C=O) groups is 3. The van der Waals surface area contributed by atoms with Gasteiger partial charge >= 0.3 is 18.6 Å². The summed E-state index contributed by atoms with van der Waals surface area (Å²) in [7, 11) is 0. The van der Waals surface area contributed by atoms with E-state index in [1.54, 1.807) is 41.5 Å². The largest absolute Gasteiger partial charge is 3.00 e. The molecule has 0 fully saturated rings. The second-order valence-electron chi connectivity index (χ2n) is 4.42. The zero-order valence-electron chi connectivity index (χ0n) is 12.1. The second-order valence-corrected chi connectivity index (χ2v) is 4.42. The molecule has 0 aromatic rings. The summed E-state index contributed by atoms with van der Waals surface area (Å²) in [6.45, 7) is 9.47. The van der Waals surface area contributed by atoms with Crippen molar-refractivity contribution in [3.05, 3.63) is 0 Å². The molecular formula is C12H21O6V. The summed E-state index contributed by atoms with van der Waals surface area (Å²) in [5, 5.41) is 28.8. The van der Waals surface area contributed by atoms with Gasteiger partial charge in [0.15, 0.2) is 0 Å². The topological polar surface area (TPSA) is 120 Å². The van der Waals surface area contributed by atoms with Crippen molar-refractivity contribution in [1.82, 2.24) is 0 Å². The van der Waals surface area contributed by atoms with Crippen molar-refractivity contribution in [2.24, 2.45) is 17.8 Å². The van der Waals surface area contributed by atoms with Crippen LogP contribution in [-0.2, 0) is 32.9 Å². The Morgan fingerprint density at radius 3 is 0.632 bits per heavy atom. The fourth-order valence-electron chi connectivity index (χ4n) is 0. The van der Waals surface area contributed by atoms with Crippen molar-refractivity contribution in [3.8, 4) is 0 Å². The fraction of sp³-hybridized carbons (Fsp3) is 0.750. The minimum absolute atomic E-state index is 0. The average Bonchev–Trinajstić information content (AvgIpc) is 2.18. The smallest absolute Gasteiger partial charge is 0.550 e. The maximum absolute atomic E-state index is 9.59.